The summed E-state index contributed by atoms with van der Waals surface area (Å²) in [5, 5.41) is 9.09. The molecular formula is C11H14N2O2S. The van der Waals surface area contributed by atoms with Crippen molar-refractivity contribution in [2.24, 2.45) is 0 Å². The van der Waals surface area contributed by atoms with E-state index in [2.05, 4.69) is 4.98 Å². The van der Waals surface area contributed by atoms with E-state index in [1.165, 1.54) is 0 Å². The Morgan fingerprint density at radius 1 is 1.56 bits per heavy atom. The van der Waals surface area contributed by atoms with Gasteiger partial charge in [-0.3, -0.25) is 0 Å². The van der Waals surface area contributed by atoms with Crippen LogP contribution < -0.4 is 5.73 Å². The van der Waals surface area contributed by atoms with E-state index in [0.717, 1.165) is 5.52 Å². The summed E-state index contributed by atoms with van der Waals surface area (Å²) in [6.07, 6.45) is 0. The lowest BCUT2D eigenvalue weighted by Crippen LogP contribution is -2.02. The second-order valence-corrected chi connectivity index (χ2v) is 5.03. The van der Waals surface area contributed by atoms with Crippen LogP contribution in [0.4, 0.5) is 5.69 Å². The van der Waals surface area contributed by atoms with Gasteiger partial charge in [0.2, 0.25) is 5.89 Å². The smallest absolute Gasteiger partial charge is 0.205 e. The Bertz CT molecular complexity index is 484. The maximum Gasteiger partial charge on any atom is 0.205 e. The van der Waals surface area contributed by atoms with Gasteiger partial charge >= 0.3 is 0 Å². The van der Waals surface area contributed by atoms with Crippen molar-refractivity contribution in [3.8, 4) is 0 Å². The summed E-state index contributed by atoms with van der Waals surface area (Å²) in [6.45, 7) is 2.12. The number of rotatable bonds is 4. The molecule has 86 valence electrons. The third-order valence-corrected chi connectivity index (χ3v) is 3.37. The molecule has 1 heterocycles. The van der Waals surface area contributed by atoms with E-state index in [-0.39, 0.29) is 11.9 Å². The summed E-state index contributed by atoms with van der Waals surface area (Å²) in [5.41, 5.74) is 7.85. The van der Waals surface area contributed by atoms with Crippen molar-refractivity contribution in [2.75, 3.05) is 12.3 Å². The number of aliphatic hydroxyl groups is 1. The number of thioether (sulfide) groups is 1. The second kappa shape index (κ2) is 4.76. The molecule has 0 aliphatic heterocycles. The Kier molecular flexibility index (Phi) is 3.36. The molecule has 16 heavy (non-hydrogen) atoms. The van der Waals surface area contributed by atoms with Crippen LogP contribution in [0.1, 0.15) is 12.8 Å². The molecule has 2 rings (SSSR count). The number of aliphatic hydroxyl groups excluding tert-OH is 1. The Morgan fingerprint density at radius 2 is 2.38 bits per heavy atom. The fourth-order valence-corrected chi connectivity index (χ4v) is 2.00. The molecular weight excluding hydrogens is 224 g/mol. The molecule has 0 radical (unpaired) electrons. The quantitative estimate of drug-likeness (QED) is 0.797. The number of nitrogens with zero attached hydrogens (tertiary/aromatic N) is 1. The lowest BCUT2D eigenvalue weighted by molar-refractivity contribution is 0.300. The van der Waals surface area contributed by atoms with E-state index in [4.69, 9.17) is 15.3 Å². The molecule has 3 N–H and O–H groups in total. The Balaban J connectivity index is 2.17. The number of fused-ring (bicyclic) bond motifs is 1. The minimum Gasteiger partial charge on any atom is -0.440 e. The summed E-state index contributed by atoms with van der Waals surface area (Å²) in [5.74, 6) is 1.30. The van der Waals surface area contributed by atoms with Gasteiger partial charge < -0.3 is 15.3 Å². The molecule has 0 bridgehead atoms. The van der Waals surface area contributed by atoms with E-state index in [1.807, 2.05) is 19.1 Å². The van der Waals surface area contributed by atoms with E-state index in [9.17, 15) is 0 Å². The Labute approximate surface area is 97.8 Å². The van der Waals surface area contributed by atoms with Crippen LogP contribution >= 0.6 is 11.8 Å². The van der Waals surface area contributed by atoms with Crippen molar-refractivity contribution in [1.29, 1.82) is 0 Å². The number of nitrogens with two attached hydrogens (primary N) is 1. The summed E-state index contributed by atoms with van der Waals surface area (Å²) >= 11 is 1.60. The highest BCUT2D eigenvalue weighted by Crippen LogP contribution is 2.24. The molecule has 2 aromatic rings. The van der Waals surface area contributed by atoms with Crippen molar-refractivity contribution >= 4 is 28.5 Å². The lowest BCUT2D eigenvalue weighted by atomic mass is 10.3. The van der Waals surface area contributed by atoms with Crippen LogP contribution in [-0.4, -0.2) is 21.9 Å². The van der Waals surface area contributed by atoms with Gasteiger partial charge in [-0.1, -0.05) is 13.0 Å². The highest BCUT2D eigenvalue weighted by molar-refractivity contribution is 7.99. The first-order valence-electron chi connectivity index (χ1n) is 5.07. The molecule has 0 saturated carbocycles. The van der Waals surface area contributed by atoms with Gasteiger partial charge in [0.15, 0.2) is 5.58 Å². The molecule has 0 saturated heterocycles. The van der Waals surface area contributed by atoms with Gasteiger partial charge in [-0.15, -0.1) is 11.8 Å². The molecule has 0 amide bonds. The third kappa shape index (κ3) is 2.31. The number of anilines is 1. The summed E-state index contributed by atoms with van der Waals surface area (Å²) in [7, 11) is 0. The minimum absolute atomic E-state index is 0.160. The van der Waals surface area contributed by atoms with Crippen molar-refractivity contribution in [1.82, 2.24) is 4.98 Å². The third-order valence-electron chi connectivity index (χ3n) is 2.24. The molecule has 4 nitrogen and oxygen atoms in total. The average Bonchev–Trinajstić information content (AvgIpc) is 2.70. The van der Waals surface area contributed by atoms with Crippen LogP contribution in [0.2, 0.25) is 0 Å². The maximum atomic E-state index is 8.90. The number of hydrogen-bond donors (Lipinski definition) is 2. The first kappa shape index (κ1) is 11.3. The van der Waals surface area contributed by atoms with Crippen molar-refractivity contribution in [2.45, 2.75) is 17.9 Å². The van der Waals surface area contributed by atoms with Gasteiger partial charge in [-0.05, 0) is 12.1 Å². The predicted molar refractivity (Wildman–Crippen MR) is 66.3 cm³/mol. The molecule has 5 heteroatoms. The van der Waals surface area contributed by atoms with Gasteiger partial charge in [-0.2, -0.15) is 0 Å². The molecule has 0 aliphatic carbocycles. The number of oxazole rings is 1. The second-order valence-electron chi connectivity index (χ2n) is 3.61. The zero-order chi connectivity index (χ0) is 11.5. The van der Waals surface area contributed by atoms with Crippen molar-refractivity contribution in [3.05, 3.63) is 24.1 Å². The summed E-state index contributed by atoms with van der Waals surface area (Å²) in [6, 6.07) is 5.50. The van der Waals surface area contributed by atoms with E-state index >= 15 is 0 Å². The topological polar surface area (TPSA) is 72.3 Å². The normalized spacial score (nSPS) is 13.1. The zero-order valence-electron chi connectivity index (χ0n) is 9.01. The van der Waals surface area contributed by atoms with Crippen LogP contribution in [0.5, 0.6) is 0 Å². The molecule has 1 unspecified atom stereocenters. The van der Waals surface area contributed by atoms with Crippen LogP contribution in [0.3, 0.4) is 0 Å². The van der Waals surface area contributed by atoms with Crippen molar-refractivity contribution in [3.63, 3.8) is 0 Å². The fraction of sp³-hybridized carbons (Fsp3) is 0.364. The Hall–Kier alpha value is -1.20. The van der Waals surface area contributed by atoms with Crippen molar-refractivity contribution < 1.29 is 9.52 Å². The van der Waals surface area contributed by atoms with Gasteiger partial charge in [0, 0.05) is 5.25 Å². The molecule has 0 spiro atoms. The summed E-state index contributed by atoms with van der Waals surface area (Å²) in [4.78, 5) is 4.32. The van der Waals surface area contributed by atoms with E-state index < -0.39 is 0 Å². The summed E-state index contributed by atoms with van der Waals surface area (Å²) < 4.78 is 5.55. The molecule has 0 aliphatic rings. The number of para-hydroxylation sites is 1. The average molecular weight is 238 g/mol. The standard InChI is InChI=1S/C11H14N2O2S/c1-7(5-14)16-6-10-13-11-8(12)3-2-4-9(11)15-10/h2-4,7,14H,5-6,12H2,1H3. The highest BCUT2D eigenvalue weighted by Gasteiger charge is 2.09. The number of benzene rings is 1. The Morgan fingerprint density at radius 3 is 3.06 bits per heavy atom. The lowest BCUT2D eigenvalue weighted by Gasteiger charge is -2.03. The van der Waals surface area contributed by atoms with Crippen LogP contribution in [0.25, 0.3) is 11.1 Å². The first-order valence-corrected chi connectivity index (χ1v) is 6.12. The van der Waals surface area contributed by atoms with E-state index in [0.29, 0.717) is 22.9 Å². The predicted octanol–water partition coefficient (Wildman–Crippen LogP) is 2.02. The SMILES string of the molecule is CC(CO)SCc1nc2c(N)cccc2o1. The highest BCUT2D eigenvalue weighted by atomic mass is 32.2. The molecule has 1 aromatic carbocycles. The molecule has 0 fully saturated rings. The minimum atomic E-state index is 0.160. The first-order chi connectivity index (χ1) is 7.70. The van der Waals surface area contributed by atoms with E-state index in [1.54, 1.807) is 17.8 Å². The largest absolute Gasteiger partial charge is 0.440 e. The number of nitrogen functional groups attached to an aromatic ring is 1. The van der Waals surface area contributed by atoms with Crippen LogP contribution in [0, 0.1) is 0 Å². The monoisotopic (exact) mass is 238 g/mol. The number of hydrogen-bond acceptors (Lipinski definition) is 5. The zero-order valence-corrected chi connectivity index (χ0v) is 9.83. The van der Waals surface area contributed by atoms with Gasteiger partial charge in [0.05, 0.1) is 18.0 Å². The van der Waals surface area contributed by atoms with Gasteiger partial charge in [-0.25, -0.2) is 4.98 Å². The maximum absolute atomic E-state index is 8.90. The molecule has 1 aromatic heterocycles. The van der Waals surface area contributed by atoms with Crippen LogP contribution in [0.15, 0.2) is 22.6 Å². The number of aromatic nitrogens is 1. The fourth-order valence-electron chi connectivity index (χ4n) is 1.34. The van der Waals surface area contributed by atoms with Crippen LogP contribution in [-0.2, 0) is 5.75 Å². The molecule has 1 atom stereocenters. The van der Waals surface area contributed by atoms with Gasteiger partial charge in [0.1, 0.15) is 5.52 Å². The van der Waals surface area contributed by atoms with Gasteiger partial charge in [0.25, 0.3) is 0 Å².